The number of sulfone groups is 1. The third kappa shape index (κ3) is 1.77. The summed E-state index contributed by atoms with van der Waals surface area (Å²) in [5, 5.41) is 0.333. The lowest BCUT2D eigenvalue weighted by molar-refractivity contribution is -0.709. The number of pyridine rings is 1. The summed E-state index contributed by atoms with van der Waals surface area (Å²) < 4.78 is 23.6. The fourth-order valence-electron chi connectivity index (χ4n) is 0.893. The van der Waals surface area contributed by atoms with Gasteiger partial charge in [0.15, 0.2) is 6.20 Å². The topological polar surface area (TPSA) is 38.0 Å². The van der Waals surface area contributed by atoms with Crippen LogP contribution in [-0.4, -0.2) is 14.7 Å². The Hall–Kier alpha value is -0.900. The molecule has 0 fully saturated rings. The smallest absolute Gasteiger partial charge is 0.218 e. The summed E-state index contributed by atoms with van der Waals surface area (Å²) in [6, 6.07) is 5.07. The van der Waals surface area contributed by atoms with Crippen molar-refractivity contribution in [2.75, 3.05) is 6.26 Å². The molecule has 0 aliphatic heterocycles. The van der Waals surface area contributed by atoms with Gasteiger partial charge in [-0.15, -0.1) is 0 Å². The van der Waals surface area contributed by atoms with Crippen molar-refractivity contribution in [2.45, 2.75) is 5.03 Å². The first-order chi connectivity index (χ1) is 5.02. The van der Waals surface area contributed by atoms with Crippen molar-refractivity contribution < 1.29 is 13.0 Å². The highest BCUT2D eigenvalue weighted by atomic mass is 32.2. The van der Waals surface area contributed by atoms with Gasteiger partial charge in [0.05, 0.1) is 0 Å². The molecule has 0 N–H and O–H groups in total. The van der Waals surface area contributed by atoms with Crippen molar-refractivity contribution in [3.63, 3.8) is 0 Å². The number of aromatic nitrogens is 1. The Morgan fingerprint density at radius 1 is 1.36 bits per heavy atom. The lowest BCUT2D eigenvalue weighted by Crippen LogP contribution is -2.34. The molecule has 0 atom stereocenters. The Labute approximate surface area is 66.2 Å². The number of rotatable bonds is 1. The first kappa shape index (κ1) is 8.20. The van der Waals surface area contributed by atoms with E-state index in [1.807, 2.05) is 0 Å². The minimum Gasteiger partial charge on any atom is -0.218 e. The van der Waals surface area contributed by atoms with Crippen LogP contribution in [0, 0.1) is 0 Å². The first-order valence-corrected chi connectivity index (χ1v) is 5.05. The quantitative estimate of drug-likeness (QED) is 0.555. The van der Waals surface area contributed by atoms with Crippen molar-refractivity contribution in [3.05, 3.63) is 24.4 Å². The largest absolute Gasteiger partial charge is 0.296 e. The summed E-state index contributed by atoms with van der Waals surface area (Å²) in [6.07, 6.45) is 2.90. The van der Waals surface area contributed by atoms with Gasteiger partial charge in [-0.1, -0.05) is 0 Å². The van der Waals surface area contributed by atoms with Crippen molar-refractivity contribution in [2.24, 2.45) is 7.05 Å². The van der Waals surface area contributed by atoms with Gasteiger partial charge >= 0.3 is 0 Å². The van der Waals surface area contributed by atoms with Crippen molar-refractivity contribution in [3.8, 4) is 0 Å². The Balaban J connectivity index is 3.37. The molecule has 0 aliphatic carbocycles. The maximum absolute atomic E-state index is 11.0. The van der Waals surface area contributed by atoms with E-state index >= 15 is 0 Å². The number of hydrogen-bond acceptors (Lipinski definition) is 2. The van der Waals surface area contributed by atoms with Gasteiger partial charge in [-0.2, -0.15) is 4.57 Å². The van der Waals surface area contributed by atoms with Crippen molar-refractivity contribution in [1.29, 1.82) is 0 Å². The maximum Gasteiger partial charge on any atom is 0.296 e. The Bertz CT molecular complexity index is 356. The summed E-state index contributed by atoms with van der Waals surface area (Å²) in [5.41, 5.74) is 0. The molecule has 1 rings (SSSR count). The second kappa shape index (κ2) is 2.62. The van der Waals surface area contributed by atoms with Gasteiger partial charge in [0, 0.05) is 18.4 Å². The van der Waals surface area contributed by atoms with E-state index in [1.165, 1.54) is 6.26 Å². The Kier molecular flexibility index (Phi) is 1.95. The predicted molar refractivity (Wildman–Crippen MR) is 40.7 cm³/mol. The number of aryl methyl sites for hydroxylation is 1. The summed E-state index contributed by atoms with van der Waals surface area (Å²) in [7, 11) is -1.37. The van der Waals surface area contributed by atoms with Crippen LogP contribution in [0.5, 0.6) is 0 Å². The molecule has 1 aromatic heterocycles. The molecule has 0 aromatic carbocycles. The number of hydrogen-bond donors (Lipinski definition) is 0. The molecule has 0 saturated heterocycles. The van der Waals surface area contributed by atoms with Crippen LogP contribution >= 0.6 is 0 Å². The van der Waals surface area contributed by atoms with Crippen LogP contribution in [0.3, 0.4) is 0 Å². The van der Waals surface area contributed by atoms with Gasteiger partial charge < -0.3 is 0 Å². The van der Waals surface area contributed by atoms with E-state index in [0.717, 1.165) is 0 Å². The molecule has 0 unspecified atom stereocenters. The highest BCUT2D eigenvalue weighted by Gasteiger charge is 2.16. The van der Waals surface area contributed by atoms with Crippen LogP contribution < -0.4 is 4.57 Å². The van der Waals surface area contributed by atoms with E-state index < -0.39 is 9.84 Å². The highest BCUT2D eigenvalue weighted by Crippen LogP contribution is 1.98. The minimum atomic E-state index is -3.07. The van der Waals surface area contributed by atoms with E-state index in [1.54, 1.807) is 36.0 Å². The molecular formula is C7H10NO2S+. The zero-order chi connectivity index (χ0) is 8.48. The zero-order valence-electron chi connectivity index (χ0n) is 6.48. The normalized spacial score (nSPS) is 11.5. The van der Waals surface area contributed by atoms with Crippen LogP contribution in [0.1, 0.15) is 0 Å². The molecule has 1 heterocycles. The summed E-state index contributed by atoms with van der Waals surface area (Å²) in [5.74, 6) is 0. The SMILES string of the molecule is C[n+]1ccccc1S(C)(=O)=O. The lowest BCUT2D eigenvalue weighted by Gasteiger charge is -1.93. The molecule has 0 amide bonds. The molecule has 0 saturated carbocycles. The second-order valence-electron chi connectivity index (χ2n) is 2.42. The molecule has 4 heteroatoms. The average molecular weight is 172 g/mol. The maximum atomic E-state index is 11.0. The molecule has 11 heavy (non-hydrogen) atoms. The summed E-state index contributed by atoms with van der Waals surface area (Å²) in [4.78, 5) is 0. The number of nitrogens with zero attached hydrogens (tertiary/aromatic N) is 1. The van der Waals surface area contributed by atoms with Gasteiger partial charge in [-0.3, -0.25) is 0 Å². The molecule has 0 bridgehead atoms. The van der Waals surface area contributed by atoms with Crippen LogP contribution in [0.25, 0.3) is 0 Å². The molecule has 60 valence electrons. The van der Waals surface area contributed by atoms with Crippen molar-refractivity contribution >= 4 is 9.84 Å². The van der Waals surface area contributed by atoms with E-state index in [9.17, 15) is 8.42 Å². The molecule has 1 aromatic rings. The Morgan fingerprint density at radius 2 is 2.00 bits per heavy atom. The third-order valence-corrected chi connectivity index (χ3v) is 2.57. The monoisotopic (exact) mass is 172 g/mol. The van der Waals surface area contributed by atoms with Crippen LogP contribution in [-0.2, 0) is 16.9 Å². The fraction of sp³-hybridized carbons (Fsp3) is 0.286. The molecule has 0 radical (unpaired) electrons. The van der Waals surface area contributed by atoms with Gasteiger partial charge in [-0.25, -0.2) is 8.42 Å². The van der Waals surface area contributed by atoms with Crippen molar-refractivity contribution in [1.82, 2.24) is 0 Å². The summed E-state index contributed by atoms with van der Waals surface area (Å²) >= 11 is 0. The lowest BCUT2D eigenvalue weighted by atomic mass is 10.5. The van der Waals surface area contributed by atoms with Gasteiger partial charge in [0.1, 0.15) is 7.05 Å². The van der Waals surface area contributed by atoms with Gasteiger partial charge in [0.25, 0.3) is 5.03 Å². The van der Waals surface area contributed by atoms with E-state index in [0.29, 0.717) is 5.03 Å². The van der Waals surface area contributed by atoms with Crippen LogP contribution in [0.2, 0.25) is 0 Å². The first-order valence-electron chi connectivity index (χ1n) is 3.16. The fourth-order valence-corrected chi connectivity index (χ4v) is 1.80. The van der Waals surface area contributed by atoms with Gasteiger partial charge in [0.2, 0.25) is 9.84 Å². The highest BCUT2D eigenvalue weighted by molar-refractivity contribution is 7.90. The van der Waals surface area contributed by atoms with E-state index in [-0.39, 0.29) is 0 Å². The van der Waals surface area contributed by atoms with E-state index in [2.05, 4.69) is 0 Å². The molecular weight excluding hydrogens is 162 g/mol. The Morgan fingerprint density at radius 3 is 2.36 bits per heavy atom. The van der Waals surface area contributed by atoms with Gasteiger partial charge in [-0.05, 0) is 6.07 Å². The standard InChI is InChI=1S/C7H10NO2S/c1-8-6-4-3-5-7(8)11(2,9)10/h3-6H,1-2H3/q+1. The van der Waals surface area contributed by atoms with E-state index in [4.69, 9.17) is 0 Å². The zero-order valence-corrected chi connectivity index (χ0v) is 7.30. The third-order valence-electron chi connectivity index (χ3n) is 1.39. The summed E-state index contributed by atoms with van der Waals surface area (Å²) in [6.45, 7) is 0. The molecule has 0 aliphatic rings. The van der Waals surface area contributed by atoms with Crippen LogP contribution in [0.4, 0.5) is 0 Å². The molecule has 0 spiro atoms. The average Bonchev–Trinajstić information content (AvgIpc) is 1.86. The van der Waals surface area contributed by atoms with Crippen LogP contribution in [0.15, 0.2) is 29.4 Å². The second-order valence-corrected chi connectivity index (χ2v) is 4.38. The minimum absolute atomic E-state index is 0.333. The molecule has 3 nitrogen and oxygen atoms in total. The predicted octanol–water partition coefficient (Wildman–Crippen LogP) is -0.0854.